The number of carbonyl (C=O) groups excluding carboxylic acids is 2. The first kappa shape index (κ1) is 32.6. The van der Waals surface area contributed by atoms with E-state index in [-0.39, 0.29) is 29.1 Å². The van der Waals surface area contributed by atoms with E-state index in [4.69, 9.17) is 4.74 Å². The Morgan fingerprint density at radius 1 is 0.905 bits per heavy atom. The van der Waals surface area contributed by atoms with Gasteiger partial charge in [-0.15, -0.1) is 0 Å². The van der Waals surface area contributed by atoms with Crippen LogP contribution in [0.15, 0.2) is 83.8 Å². The Morgan fingerprint density at radius 2 is 1.55 bits per heavy atom. The second-order valence-electron chi connectivity index (χ2n) is 9.96. The maximum atomic E-state index is 14.1. The van der Waals surface area contributed by atoms with Crippen molar-refractivity contribution in [1.82, 2.24) is 10.2 Å². The number of carbonyl (C=O) groups is 2. The third-order valence-electron chi connectivity index (χ3n) is 6.99. The minimum atomic E-state index is -4.29. The Hall–Kier alpha value is -3.92. The molecule has 0 unspecified atom stereocenters. The molecule has 0 aliphatic carbocycles. The van der Waals surface area contributed by atoms with Gasteiger partial charge in [0.15, 0.2) is 0 Å². The largest absolute Gasteiger partial charge is 0.494 e. The average Bonchev–Trinajstić information content (AvgIpc) is 2.99. The van der Waals surface area contributed by atoms with Crippen LogP contribution in [0.25, 0.3) is 0 Å². The summed E-state index contributed by atoms with van der Waals surface area (Å²) in [7, 11) is -4.29. The zero-order valence-electron chi connectivity index (χ0n) is 24.6. The minimum Gasteiger partial charge on any atom is -0.494 e. The van der Waals surface area contributed by atoms with Gasteiger partial charge in [0, 0.05) is 12.6 Å². The van der Waals surface area contributed by atoms with E-state index < -0.39 is 34.3 Å². The number of sulfonamides is 1. The number of hydrogen-bond donors (Lipinski definition) is 1. The van der Waals surface area contributed by atoms with E-state index in [2.05, 4.69) is 5.32 Å². The lowest BCUT2D eigenvalue weighted by Gasteiger charge is -2.33. The van der Waals surface area contributed by atoms with E-state index in [1.54, 1.807) is 24.3 Å². The zero-order chi connectivity index (χ0) is 30.7. The van der Waals surface area contributed by atoms with Gasteiger partial charge in [0.25, 0.3) is 10.0 Å². The predicted molar refractivity (Wildman–Crippen MR) is 162 cm³/mol. The molecule has 0 saturated heterocycles. The van der Waals surface area contributed by atoms with E-state index in [0.717, 1.165) is 40.6 Å². The van der Waals surface area contributed by atoms with Gasteiger partial charge in [-0.2, -0.15) is 0 Å². The number of halogens is 1. The minimum absolute atomic E-state index is 0.0863. The van der Waals surface area contributed by atoms with Gasteiger partial charge in [-0.3, -0.25) is 13.9 Å². The van der Waals surface area contributed by atoms with Gasteiger partial charge in [-0.1, -0.05) is 44.2 Å². The molecule has 226 valence electrons. The predicted octanol–water partition coefficient (Wildman–Crippen LogP) is 5.18. The number of nitrogens with one attached hydrogen (secondary N) is 1. The van der Waals surface area contributed by atoms with Crippen LogP contribution in [-0.2, 0) is 26.0 Å². The van der Waals surface area contributed by atoms with E-state index in [1.807, 2.05) is 58.0 Å². The first-order valence-electron chi connectivity index (χ1n) is 14.3. The lowest BCUT2D eigenvalue weighted by molar-refractivity contribution is -0.139. The highest BCUT2D eigenvalue weighted by atomic mass is 32.2. The molecular weight excluding hydrogens is 557 g/mol. The van der Waals surface area contributed by atoms with Crippen molar-refractivity contribution in [3.8, 4) is 5.75 Å². The number of benzene rings is 3. The van der Waals surface area contributed by atoms with E-state index in [1.165, 1.54) is 4.90 Å². The van der Waals surface area contributed by atoms with Crippen LogP contribution in [-0.4, -0.2) is 56.9 Å². The maximum absolute atomic E-state index is 14.1. The normalized spacial score (nSPS) is 12.7. The van der Waals surface area contributed by atoms with Crippen molar-refractivity contribution < 1.29 is 27.1 Å². The summed E-state index contributed by atoms with van der Waals surface area (Å²) in [6.07, 6.45) is 1.55. The van der Waals surface area contributed by atoms with Crippen LogP contribution in [0.2, 0.25) is 0 Å². The molecule has 3 aromatic carbocycles. The van der Waals surface area contributed by atoms with Crippen LogP contribution in [0.1, 0.15) is 46.1 Å². The summed E-state index contributed by atoms with van der Waals surface area (Å²) in [6, 6.07) is 19.5. The van der Waals surface area contributed by atoms with E-state index in [0.29, 0.717) is 25.2 Å². The number of amides is 2. The van der Waals surface area contributed by atoms with Crippen molar-refractivity contribution in [1.29, 1.82) is 0 Å². The fraction of sp³-hybridized carbons (Fsp3) is 0.375. The van der Waals surface area contributed by atoms with Gasteiger partial charge < -0.3 is 15.0 Å². The number of nitrogens with zero attached hydrogens (tertiary/aromatic N) is 2. The molecule has 0 aliphatic rings. The van der Waals surface area contributed by atoms with Gasteiger partial charge in [0.05, 0.1) is 17.2 Å². The number of hydrogen-bond acceptors (Lipinski definition) is 5. The quantitative estimate of drug-likeness (QED) is 0.260. The van der Waals surface area contributed by atoms with Crippen molar-refractivity contribution in [2.45, 2.75) is 63.9 Å². The van der Waals surface area contributed by atoms with Gasteiger partial charge in [-0.05, 0) is 87.2 Å². The van der Waals surface area contributed by atoms with Crippen LogP contribution in [0.5, 0.6) is 5.75 Å². The third-order valence-corrected chi connectivity index (χ3v) is 8.78. The highest BCUT2D eigenvalue weighted by Crippen LogP contribution is 2.27. The molecule has 0 spiro atoms. The first-order chi connectivity index (χ1) is 20.1. The molecule has 0 saturated carbocycles. The summed E-state index contributed by atoms with van der Waals surface area (Å²) < 4.78 is 47.9. The second-order valence-corrected chi connectivity index (χ2v) is 11.8. The van der Waals surface area contributed by atoms with Gasteiger partial charge in [-0.25, -0.2) is 12.8 Å². The molecule has 2 amide bonds. The summed E-state index contributed by atoms with van der Waals surface area (Å²) in [4.78, 5) is 28.7. The molecule has 0 heterocycles. The average molecular weight is 598 g/mol. The maximum Gasteiger partial charge on any atom is 0.264 e. The van der Waals surface area contributed by atoms with Crippen LogP contribution in [0, 0.1) is 5.82 Å². The van der Waals surface area contributed by atoms with E-state index >= 15 is 0 Å². The summed E-state index contributed by atoms with van der Waals surface area (Å²) in [5.74, 6) is -0.856. The molecule has 1 N–H and O–H groups in total. The molecule has 0 radical (unpaired) electrons. The van der Waals surface area contributed by atoms with Gasteiger partial charge in [0.2, 0.25) is 11.8 Å². The molecule has 2 atom stereocenters. The molecule has 10 heteroatoms. The molecular formula is C32H40FN3O5S. The molecule has 42 heavy (non-hydrogen) atoms. The van der Waals surface area contributed by atoms with Crippen molar-refractivity contribution in [2.24, 2.45) is 0 Å². The first-order valence-corrected chi connectivity index (χ1v) is 15.7. The monoisotopic (exact) mass is 597 g/mol. The van der Waals surface area contributed by atoms with Crippen molar-refractivity contribution in [3.63, 3.8) is 0 Å². The molecule has 3 aromatic rings. The van der Waals surface area contributed by atoms with Crippen LogP contribution >= 0.6 is 0 Å². The topological polar surface area (TPSA) is 96.0 Å². The van der Waals surface area contributed by atoms with Gasteiger partial charge >= 0.3 is 0 Å². The Morgan fingerprint density at radius 3 is 2.12 bits per heavy atom. The molecule has 3 rings (SSSR count). The Labute approximate surface area is 248 Å². The molecule has 0 aromatic heterocycles. The SMILES string of the molecule is CCOc1ccc(N(CC(=O)N(CCc2ccccc2)[C@H](CC)C(=O)N[C@@H](C)CC)S(=O)(=O)c2ccc(F)cc2)cc1. The van der Waals surface area contributed by atoms with Crippen LogP contribution in [0.3, 0.4) is 0 Å². The smallest absolute Gasteiger partial charge is 0.264 e. The second kappa shape index (κ2) is 15.3. The summed E-state index contributed by atoms with van der Waals surface area (Å²) in [5, 5.41) is 2.96. The van der Waals surface area contributed by atoms with Crippen molar-refractivity contribution in [2.75, 3.05) is 24.0 Å². The molecule has 8 nitrogen and oxygen atoms in total. The highest BCUT2D eigenvalue weighted by Gasteiger charge is 2.33. The van der Waals surface area contributed by atoms with E-state index in [9.17, 15) is 22.4 Å². The Kier molecular flexibility index (Phi) is 11.9. The summed E-state index contributed by atoms with van der Waals surface area (Å²) >= 11 is 0. The lowest BCUT2D eigenvalue weighted by atomic mass is 10.1. The fourth-order valence-electron chi connectivity index (χ4n) is 4.47. The van der Waals surface area contributed by atoms with Crippen molar-refractivity contribution >= 4 is 27.5 Å². The number of anilines is 1. The van der Waals surface area contributed by atoms with Gasteiger partial charge in [0.1, 0.15) is 24.2 Å². The summed E-state index contributed by atoms with van der Waals surface area (Å²) in [5.41, 5.74) is 1.21. The molecule has 0 aliphatic heterocycles. The van der Waals surface area contributed by atoms with Crippen LogP contribution < -0.4 is 14.4 Å². The number of rotatable bonds is 15. The lowest BCUT2D eigenvalue weighted by Crippen LogP contribution is -2.54. The molecule has 0 bridgehead atoms. The van der Waals surface area contributed by atoms with Crippen LogP contribution in [0.4, 0.5) is 10.1 Å². The number of ether oxygens (including phenoxy) is 1. The fourth-order valence-corrected chi connectivity index (χ4v) is 5.89. The Bertz CT molecular complexity index is 1400. The standard InChI is InChI=1S/C32H40FN3O5S/c1-5-24(4)34-32(38)30(6-2)35(22-21-25-11-9-8-10-12-25)31(37)23-36(27-15-17-28(18-16-27)41-7-3)42(39,40)29-19-13-26(33)14-20-29/h8-20,24,30H,5-7,21-23H2,1-4H3,(H,34,38)/t24-,30+/m0/s1. The third kappa shape index (κ3) is 8.55. The molecule has 0 fully saturated rings. The highest BCUT2D eigenvalue weighted by molar-refractivity contribution is 7.92. The summed E-state index contributed by atoms with van der Waals surface area (Å²) in [6.45, 7) is 7.59. The Balaban J connectivity index is 2.01. The van der Waals surface area contributed by atoms with Crippen molar-refractivity contribution in [3.05, 3.63) is 90.2 Å². The zero-order valence-corrected chi connectivity index (χ0v) is 25.4.